The minimum absolute atomic E-state index is 0. The molecule has 8 nitrogen and oxygen atoms in total. The molecule has 2 atom stereocenters. The summed E-state index contributed by atoms with van der Waals surface area (Å²) >= 11 is 0. The topological polar surface area (TPSA) is 150 Å². The first kappa shape index (κ1) is 25.2. The molecule has 2 unspecified atom stereocenters. The molecule has 76 valence electrons. The third-order valence-corrected chi connectivity index (χ3v) is 1.86. The summed E-state index contributed by atoms with van der Waals surface area (Å²) in [5.74, 6) is 0. The smallest absolute Gasteiger partial charge is 0.756 e. The minimum Gasteiger partial charge on any atom is -0.756 e. The average molecular weight is 268 g/mol. The Labute approximate surface area is 125 Å². The second-order valence-electron chi connectivity index (χ2n) is 1.33. The molecule has 0 aliphatic rings. The third-order valence-electron chi connectivity index (χ3n) is 0.206. The summed E-state index contributed by atoms with van der Waals surface area (Å²) in [6.07, 6.45) is 0. The van der Waals surface area contributed by atoms with Crippen molar-refractivity contribution in [3.05, 3.63) is 0 Å². The molecule has 0 fully saturated rings. The van der Waals surface area contributed by atoms with E-state index in [1.165, 1.54) is 0 Å². The van der Waals surface area contributed by atoms with E-state index in [0.29, 0.717) is 0 Å². The second kappa shape index (κ2) is 11.7. The maximum absolute atomic E-state index is 9.48. The molecule has 3 N–H and O–H groups in total. The first-order valence-electron chi connectivity index (χ1n) is 2.52. The van der Waals surface area contributed by atoms with Gasteiger partial charge >= 0.3 is 59.1 Å². The van der Waals surface area contributed by atoms with Crippen LogP contribution in [0.2, 0.25) is 0 Å². The summed E-state index contributed by atoms with van der Waals surface area (Å²) < 4.78 is 21.7. The van der Waals surface area contributed by atoms with E-state index in [0.717, 1.165) is 0 Å². The van der Waals surface area contributed by atoms with E-state index >= 15 is 0 Å². The second-order valence-corrected chi connectivity index (χ2v) is 3.86. The minimum atomic E-state index is -5.36. The molecule has 0 bridgehead atoms. The summed E-state index contributed by atoms with van der Waals surface area (Å²) in [5, 5.41) is 7.57. The molecule has 0 saturated carbocycles. The maximum Gasteiger partial charge on any atom is 1.00 e. The van der Waals surface area contributed by atoms with Crippen LogP contribution in [0.3, 0.4) is 0 Å². The van der Waals surface area contributed by atoms with E-state index in [4.69, 9.17) is 14.9 Å². The third kappa shape index (κ3) is 36.8. The number of aliphatic hydroxyl groups is 1. The SMILES string of the molecule is CCO.O=P([O-])(O)OP(=O)([O-])O.[Na+].[Na+]. The van der Waals surface area contributed by atoms with Gasteiger partial charge in [-0.2, -0.15) is 0 Å². The molecule has 14 heavy (non-hydrogen) atoms. The van der Waals surface area contributed by atoms with Crippen LogP contribution in [0.25, 0.3) is 0 Å². The first-order chi connectivity index (χ1) is 5.12. The van der Waals surface area contributed by atoms with Gasteiger partial charge < -0.3 is 24.7 Å². The normalized spacial score (nSPS) is 17.0. The van der Waals surface area contributed by atoms with Crippen molar-refractivity contribution in [3.63, 3.8) is 0 Å². The predicted molar refractivity (Wildman–Crippen MR) is 33.5 cm³/mol. The predicted octanol–water partition coefficient (Wildman–Crippen LogP) is -8.07. The van der Waals surface area contributed by atoms with Crippen LogP contribution in [0.5, 0.6) is 0 Å². The van der Waals surface area contributed by atoms with Crippen molar-refractivity contribution >= 4 is 15.6 Å². The van der Waals surface area contributed by atoms with Crippen LogP contribution < -0.4 is 68.9 Å². The molecule has 0 amide bonds. The summed E-state index contributed by atoms with van der Waals surface area (Å²) in [6.45, 7) is 1.93. The molecule has 12 heteroatoms. The Bertz CT molecular complexity index is 176. The van der Waals surface area contributed by atoms with Crippen LogP contribution in [0.1, 0.15) is 6.92 Å². The number of hydrogen-bond acceptors (Lipinski definition) is 6. The molecule has 0 saturated heterocycles. The van der Waals surface area contributed by atoms with Crippen LogP contribution in [0.15, 0.2) is 0 Å². The van der Waals surface area contributed by atoms with E-state index in [2.05, 4.69) is 4.31 Å². The zero-order chi connectivity index (χ0) is 10.4. The average Bonchev–Trinajstić information content (AvgIpc) is 1.53. The zero-order valence-electron chi connectivity index (χ0n) is 7.98. The zero-order valence-corrected chi connectivity index (χ0v) is 13.8. The quantitative estimate of drug-likeness (QED) is 0.330. The van der Waals surface area contributed by atoms with Gasteiger partial charge in [0, 0.05) is 6.61 Å². The maximum atomic E-state index is 9.48. The van der Waals surface area contributed by atoms with Crippen LogP contribution in [0.4, 0.5) is 0 Å². The Balaban J connectivity index is -0.0000000891. The molecule has 0 spiro atoms. The van der Waals surface area contributed by atoms with Gasteiger partial charge in [0.05, 0.1) is 0 Å². The van der Waals surface area contributed by atoms with Crippen molar-refractivity contribution in [2.24, 2.45) is 0 Å². The van der Waals surface area contributed by atoms with Gasteiger partial charge in [-0.05, 0) is 6.92 Å². The van der Waals surface area contributed by atoms with Crippen molar-refractivity contribution in [1.29, 1.82) is 0 Å². The van der Waals surface area contributed by atoms with Crippen molar-refractivity contribution in [3.8, 4) is 0 Å². The Morgan fingerprint density at radius 2 is 1.29 bits per heavy atom. The van der Waals surface area contributed by atoms with Crippen LogP contribution in [-0.4, -0.2) is 21.5 Å². The van der Waals surface area contributed by atoms with E-state index in [-0.39, 0.29) is 65.7 Å². The van der Waals surface area contributed by atoms with Crippen molar-refractivity contribution in [2.45, 2.75) is 6.92 Å². The van der Waals surface area contributed by atoms with Crippen LogP contribution in [0, 0.1) is 0 Å². The van der Waals surface area contributed by atoms with Gasteiger partial charge in [0.15, 0.2) is 0 Å². The monoisotopic (exact) mass is 268 g/mol. The van der Waals surface area contributed by atoms with Crippen molar-refractivity contribution in [2.75, 3.05) is 6.61 Å². The molecule has 0 radical (unpaired) electrons. The molecule has 0 aliphatic heterocycles. The Kier molecular flexibility index (Phi) is 21.0. The van der Waals surface area contributed by atoms with E-state index in [9.17, 15) is 18.9 Å². The first-order valence-corrected chi connectivity index (χ1v) is 5.51. The van der Waals surface area contributed by atoms with Gasteiger partial charge in [0.2, 0.25) is 0 Å². The molecule has 0 aromatic carbocycles. The fraction of sp³-hybridized carbons (Fsp3) is 1.00. The van der Waals surface area contributed by atoms with Crippen LogP contribution >= 0.6 is 15.6 Å². The number of rotatable bonds is 2. The van der Waals surface area contributed by atoms with Gasteiger partial charge in [-0.25, -0.2) is 4.31 Å². The Hall–Kier alpha value is 2.22. The van der Waals surface area contributed by atoms with Gasteiger partial charge in [-0.3, -0.25) is 9.13 Å². The number of hydrogen-bond donors (Lipinski definition) is 3. The largest absolute Gasteiger partial charge is 1.00 e. The number of aliphatic hydroxyl groups excluding tert-OH is 1. The molecular formula is C2H8Na2O8P2. The van der Waals surface area contributed by atoms with Gasteiger partial charge in [-0.1, -0.05) is 0 Å². The van der Waals surface area contributed by atoms with Gasteiger partial charge in [-0.15, -0.1) is 0 Å². The van der Waals surface area contributed by atoms with E-state index in [1.54, 1.807) is 6.92 Å². The molecule has 0 heterocycles. The summed E-state index contributed by atoms with van der Waals surface area (Å²) in [4.78, 5) is 34.1. The Morgan fingerprint density at radius 3 is 1.29 bits per heavy atom. The summed E-state index contributed by atoms with van der Waals surface area (Å²) in [7, 11) is -10.7. The molecule has 0 aromatic rings. The molecule has 0 aliphatic carbocycles. The van der Waals surface area contributed by atoms with Crippen LogP contribution in [-0.2, 0) is 13.4 Å². The Morgan fingerprint density at radius 1 is 1.14 bits per heavy atom. The molecular weight excluding hydrogens is 260 g/mol. The van der Waals surface area contributed by atoms with Crippen molar-refractivity contribution < 1.29 is 97.2 Å². The van der Waals surface area contributed by atoms with E-state index in [1.807, 2.05) is 0 Å². The van der Waals surface area contributed by atoms with Crippen molar-refractivity contribution in [1.82, 2.24) is 0 Å². The molecule has 0 aromatic heterocycles. The van der Waals surface area contributed by atoms with E-state index < -0.39 is 15.6 Å². The molecule has 0 rings (SSSR count). The summed E-state index contributed by atoms with van der Waals surface area (Å²) in [6, 6.07) is 0. The van der Waals surface area contributed by atoms with Gasteiger partial charge in [0.1, 0.15) is 0 Å². The standard InChI is InChI=1S/C2H6O.2Na.H4O7P2/c1-2-3;;;1-8(2,3)7-9(4,5)6/h3H,2H2,1H3;;;(H2,1,2,3)(H2,4,5,6)/q;2*+1;/p-2. The fourth-order valence-corrected chi connectivity index (χ4v) is 1.17. The summed E-state index contributed by atoms with van der Waals surface area (Å²) in [5.41, 5.74) is 0. The fourth-order valence-electron chi connectivity index (χ4n) is 0.130. The number of phosphoric acid groups is 2. The van der Waals surface area contributed by atoms with Gasteiger partial charge in [0.25, 0.3) is 15.6 Å².